The monoisotopic (exact) mass is 534 g/mol. The first kappa shape index (κ1) is 24.3. The summed E-state index contributed by atoms with van der Waals surface area (Å²) in [4.78, 5) is 26.0. The van der Waals surface area contributed by atoms with Crippen LogP contribution >= 0.6 is 15.9 Å². The Hall–Kier alpha value is -3.78. The number of hydrogen-bond acceptors (Lipinski definition) is 3. The maximum Gasteiger partial charge on any atom is 0.270 e. The zero-order valence-electron chi connectivity index (χ0n) is 19.0. The molecule has 1 aromatic heterocycles. The van der Waals surface area contributed by atoms with E-state index in [9.17, 15) is 14.0 Å². The Bertz CT molecular complexity index is 1340. The Kier molecular flexibility index (Phi) is 7.72. The molecule has 4 rings (SSSR count). The molecule has 0 unspecified atom stereocenters. The number of carbonyl (C=O) groups is 2. The second-order valence-electron chi connectivity index (χ2n) is 8.04. The Labute approximate surface area is 211 Å². The Morgan fingerprint density at radius 3 is 2.43 bits per heavy atom. The number of halogens is 2. The average Bonchev–Trinajstić information content (AvgIpc) is 3.27. The fourth-order valence-electron chi connectivity index (χ4n) is 3.78. The van der Waals surface area contributed by atoms with Crippen molar-refractivity contribution in [3.8, 4) is 11.3 Å². The molecule has 2 amide bonds. The van der Waals surface area contributed by atoms with Crippen molar-refractivity contribution in [2.24, 2.45) is 0 Å². The molecule has 0 fully saturated rings. The fraction of sp³-hybridized carbons (Fsp3) is 0.148. The number of benzene rings is 3. The van der Waals surface area contributed by atoms with Crippen molar-refractivity contribution in [2.45, 2.75) is 19.0 Å². The lowest BCUT2D eigenvalue weighted by Gasteiger charge is -2.18. The van der Waals surface area contributed by atoms with E-state index >= 15 is 0 Å². The summed E-state index contributed by atoms with van der Waals surface area (Å²) >= 11 is 3.44. The first-order valence-corrected chi connectivity index (χ1v) is 11.9. The Balaban J connectivity index is 1.66. The molecular weight excluding hydrogens is 511 g/mol. The molecule has 35 heavy (non-hydrogen) atoms. The molecule has 0 saturated heterocycles. The van der Waals surface area contributed by atoms with Gasteiger partial charge in [0.25, 0.3) is 5.91 Å². The van der Waals surface area contributed by atoms with Crippen molar-refractivity contribution < 1.29 is 14.0 Å². The van der Waals surface area contributed by atoms with Crippen molar-refractivity contribution in [1.29, 1.82) is 0 Å². The lowest BCUT2D eigenvalue weighted by molar-refractivity contribution is -0.122. The Morgan fingerprint density at radius 1 is 0.971 bits per heavy atom. The average molecular weight is 535 g/mol. The van der Waals surface area contributed by atoms with E-state index in [1.165, 1.54) is 19.2 Å². The van der Waals surface area contributed by atoms with Gasteiger partial charge in [0, 0.05) is 23.5 Å². The first-order valence-electron chi connectivity index (χ1n) is 11.1. The zero-order valence-corrected chi connectivity index (χ0v) is 20.6. The summed E-state index contributed by atoms with van der Waals surface area (Å²) in [5, 5.41) is 10.1. The summed E-state index contributed by atoms with van der Waals surface area (Å²) in [6.45, 7) is 0.342. The maximum atomic E-state index is 13.8. The van der Waals surface area contributed by atoms with E-state index in [1.807, 2.05) is 54.6 Å². The summed E-state index contributed by atoms with van der Waals surface area (Å²) in [5.41, 5.74) is 3.15. The first-order chi connectivity index (χ1) is 16.9. The zero-order chi connectivity index (χ0) is 24.8. The molecule has 0 aliphatic carbocycles. The minimum atomic E-state index is -0.792. The third-order valence-corrected chi connectivity index (χ3v) is 6.00. The quantitative estimate of drug-likeness (QED) is 0.347. The third kappa shape index (κ3) is 6.22. The molecule has 178 valence electrons. The van der Waals surface area contributed by atoms with E-state index in [0.29, 0.717) is 24.2 Å². The molecule has 6 nitrogen and oxygen atoms in total. The van der Waals surface area contributed by atoms with Crippen LogP contribution in [-0.4, -0.2) is 34.7 Å². The van der Waals surface area contributed by atoms with Gasteiger partial charge in [-0.1, -0.05) is 70.5 Å². The number of nitrogens with one attached hydrogen (secondary N) is 2. The number of rotatable bonds is 8. The highest BCUT2D eigenvalue weighted by molar-refractivity contribution is 9.10. The molecule has 1 atom stereocenters. The molecular formula is C27H24BrFN4O2. The largest absolute Gasteiger partial charge is 0.357 e. The third-order valence-electron chi connectivity index (χ3n) is 5.51. The van der Waals surface area contributed by atoms with Crippen LogP contribution in [-0.2, 0) is 17.8 Å². The molecule has 3 aromatic carbocycles. The molecule has 0 saturated carbocycles. The standard InChI is InChI=1S/C27H24BrFN4O2/c1-30-26(34)24(14-19-9-5-11-21(28)13-19)31-27(35)25-16-23(20-10-6-12-22(29)15-20)32-33(25)17-18-7-3-2-4-8-18/h2-13,15-16,24H,14,17H2,1H3,(H,30,34)(H,31,35)/t24-/m0/s1. The van der Waals surface area contributed by atoms with Gasteiger partial charge in [-0.2, -0.15) is 5.10 Å². The number of nitrogens with zero attached hydrogens (tertiary/aromatic N) is 2. The lowest BCUT2D eigenvalue weighted by Crippen LogP contribution is -2.47. The summed E-state index contributed by atoms with van der Waals surface area (Å²) in [5.74, 6) is -1.14. The van der Waals surface area contributed by atoms with E-state index in [1.54, 1.807) is 22.9 Å². The second kappa shape index (κ2) is 11.1. The summed E-state index contributed by atoms with van der Waals surface area (Å²) in [6, 6.07) is 24.1. The molecule has 1 heterocycles. The smallest absolute Gasteiger partial charge is 0.270 e. The van der Waals surface area contributed by atoms with Crippen molar-refractivity contribution in [1.82, 2.24) is 20.4 Å². The molecule has 8 heteroatoms. The van der Waals surface area contributed by atoms with Crippen molar-refractivity contribution in [3.05, 3.63) is 112 Å². The molecule has 4 aromatic rings. The van der Waals surface area contributed by atoms with Gasteiger partial charge in [0.2, 0.25) is 5.91 Å². The molecule has 0 bridgehead atoms. The van der Waals surface area contributed by atoms with Crippen LogP contribution in [0, 0.1) is 5.82 Å². The van der Waals surface area contributed by atoms with E-state index in [2.05, 4.69) is 31.7 Å². The summed E-state index contributed by atoms with van der Waals surface area (Å²) in [6.07, 6.45) is 0.314. The van der Waals surface area contributed by atoms with Crippen LogP contribution in [0.1, 0.15) is 21.6 Å². The van der Waals surface area contributed by atoms with E-state index in [-0.39, 0.29) is 17.4 Å². The highest BCUT2D eigenvalue weighted by atomic mass is 79.9. The van der Waals surface area contributed by atoms with Gasteiger partial charge in [0.15, 0.2) is 0 Å². The highest BCUT2D eigenvalue weighted by Gasteiger charge is 2.24. The van der Waals surface area contributed by atoms with E-state index in [4.69, 9.17) is 0 Å². The van der Waals surface area contributed by atoms with Crippen LogP contribution in [0.5, 0.6) is 0 Å². The van der Waals surface area contributed by atoms with E-state index < -0.39 is 11.9 Å². The van der Waals surface area contributed by atoms with Gasteiger partial charge in [0.05, 0.1) is 12.2 Å². The van der Waals surface area contributed by atoms with E-state index in [0.717, 1.165) is 15.6 Å². The van der Waals surface area contributed by atoms with Gasteiger partial charge in [-0.15, -0.1) is 0 Å². The minimum Gasteiger partial charge on any atom is -0.357 e. The number of likely N-dealkylation sites (N-methyl/N-ethyl adjacent to an activating group) is 1. The SMILES string of the molecule is CNC(=O)[C@H](Cc1cccc(Br)c1)NC(=O)c1cc(-c2cccc(F)c2)nn1Cc1ccccc1. The van der Waals surface area contributed by atoms with Crippen LogP contribution in [0.15, 0.2) is 89.4 Å². The van der Waals surface area contributed by atoms with Gasteiger partial charge < -0.3 is 10.6 Å². The number of aromatic nitrogens is 2. The van der Waals surface area contributed by atoms with Gasteiger partial charge in [0.1, 0.15) is 17.6 Å². The van der Waals surface area contributed by atoms with Gasteiger partial charge in [-0.05, 0) is 41.5 Å². The van der Waals surface area contributed by atoms with Crippen LogP contribution in [0.25, 0.3) is 11.3 Å². The minimum absolute atomic E-state index is 0.274. The lowest BCUT2D eigenvalue weighted by atomic mass is 10.0. The predicted octanol–water partition coefficient (Wildman–Crippen LogP) is 4.59. The van der Waals surface area contributed by atoms with Crippen LogP contribution in [0.4, 0.5) is 4.39 Å². The van der Waals surface area contributed by atoms with Gasteiger partial charge >= 0.3 is 0 Å². The number of carbonyl (C=O) groups excluding carboxylic acids is 2. The highest BCUT2D eigenvalue weighted by Crippen LogP contribution is 2.21. The second-order valence-corrected chi connectivity index (χ2v) is 8.96. The van der Waals surface area contributed by atoms with Crippen molar-refractivity contribution in [2.75, 3.05) is 7.05 Å². The summed E-state index contributed by atoms with van der Waals surface area (Å²) in [7, 11) is 1.53. The number of hydrogen-bond donors (Lipinski definition) is 2. The van der Waals surface area contributed by atoms with Gasteiger partial charge in [-0.3, -0.25) is 14.3 Å². The molecule has 0 radical (unpaired) electrons. The predicted molar refractivity (Wildman–Crippen MR) is 136 cm³/mol. The molecule has 0 aliphatic heterocycles. The van der Waals surface area contributed by atoms with Gasteiger partial charge in [-0.25, -0.2) is 4.39 Å². The fourth-order valence-corrected chi connectivity index (χ4v) is 4.23. The van der Waals surface area contributed by atoms with Crippen LogP contribution < -0.4 is 10.6 Å². The van der Waals surface area contributed by atoms with Crippen molar-refractivity contribution in [3.63, 3.8) is 0 Å². The number of amides is 2. The van der Waals surface area contributed by atoms with Crippen LogP contribution in [0.2, 0.25) is 0 Å². The Morgan fingerprint density at radius 2 is 1.71 bits per heavy atom. The molecule has 2 N–H and O–H groups in total. The summed E-state index contributed by atoms with van der Waals surface area (Å²) < 4.78 is 16.3. The normalized spacial score (nSPS) is 11.6. The van der Waals surface area contributed by atoms with Crippen molar-refractivity contribution >= 4 is 27.7 Å². The topological polar surface area (TPSA) is 76.0 Å². The maximum absolute atomic E-state index is 13.8. The van der Waals surface area contributed by atoms with Crippen LogP contribution in [0.3, 0.4) is 0 Å². The molecule has 0 spiro atoms. The molecule has 0 aliphatic rings.